The van der Waals surface area contributed by atoms with Crippen molar-refractivity contribution in [2.45, 2.75) is 25.9 Å². The van der Waals surface area contributed by atoms with Crippen LogP contribution < -0.4 is 5.32 Å². The first-order valence-electron chi connectivity index (χ1n) is 9.19. The Hall–Kier alpha value is -1.89. The maximum absolute atomic E-state index is 12.9. The van der Waals surface area contributed by atoms with E-state index in [1.165, 1.54) is 5.56 Å². The van der Waals surface area contributed by atoms with Gasteiger partial charge in [0.05, 0.1) is 0 Å². The van der Waals surface area contributed by atoms with Crippen molar-refractivity contribution in [2.75, 3.05) is 32.7 Å². The van der Waals surface area contributed by atoms with Crippen LogP contribution in [0.15, 0.2) is 24.3 Å². The third-order valence-electron chi connectivity index (χ3n) is 5.51. The maximum atomic E-state index is 12.9. The first kappa shape index (κ1) is 17.5. The molecule has 26 heavy (non-hydrogen) atoms. The van der Waals surface area contributed by atoms with E-state index in [9.17, 15) is 4.79 Å². The molecule has 6 nitrogen and oxygen atoms in total. The van der Waals surface area contributed by atoms with E-state index in [1.54, 1.807) is 0 Å². The minimum Gasteiger partial charge on any atom is -0.335 e. The van der Waals surface area contributed by atoms with Crippen LogP contribution in [0.1, 0.15) is 40.3 Å². The molecule has 0 saturated carbocycles. The Balaban J connectivity index is 1.39. The lowest BCUT2D eigenvalue weighted by Gasteiger charge is -2.38. The van der Waals surface area contributed by atoms with Gasteiger partial charge < -0.3 is 10.2 Å². The van der Waals surface area contributed by atoms with Gasteiger partial charge in [0, 0.05) is 68.0 Å². The molecule has 2 aromatic rings. The second-order valence-corrected chi connectivity index (χ2v) is 7.45. The summed E-state index contributed by atoms with van der Waals surface area (Å²) in [5.41, 5.74) is 3.98. The highest BCUT2D eigenvalue weighted by atomic mass is 35.5. The van der Waals surface area contributed by atoms with Gasteiger partial charge in [-0.05, 0) is 24.6 Å². The Labute approximate surface area is 158 Å². The number of carbonyl (C=O) groups excluding carboxylic acids is 1. The summed E-state index contributed by atoms with van der Waals surface area (Å²) in [5.74, 6) is 0.0463. The van der Waals surface area contributed by atoms with Crippen LogP contribution in [0.5, 0.6) is 0 Å². The van der Waals surface area contributed by atoms with Crippen molar-refractivity contribution in [3.63, 3.8) is 0 Å². The Morgan fingerprint density at radius 1 is 1.19 bits per heavy atom. The van der Waals surface area contributed by atoms with E-state index in [4.69, 9.17) is 11.6 Å². The molecule has 1 atom stereocenters. The number of rotatable bonds is 3. The van der Waals surface area contributed by atoms with Crippen LogP contribution in [0.3, 0.4) is 0 Å². The predicted molar refractivity (Wildman–Crippen MR) is 101 cm³/mol. The Morgan fingerprint density at radius 2 is 1.92 bits per heavy atom. The number of carbonyl (C=O) groups is 1. The van der Waals surface area contributed by atoms with E-state index < -0.39 is 0 Å². The number of hydrogen-bond acceptors (Lipinski definition) is 4. The number of benzene rings is 1. The fourth-order valence-electron chi connectivity index (χ4n) is 3.82. The van der Waals surface area contributed by atoms with Gasteiger partial charge in [-0.15, -0.1) is 0 Å². The molecule has 2 aliphatic rings. The number of piperazine rings is 1. The van der Waals surface area contributed by atoms with Gasteiger partial charge in [0.1, 0.15) is 0 Å². The highest BCUT2D eigenvalue weighted by Gasteiger charge is 2.29. The molecule has 1 aromatic heterocycles. The summed E-state index contributed by atoms with van der Waals surface area (Å²) in [6.45, 7) is 7.04. The number of H-pyrrole nitrogens is 1. The normalized spacial score (nSPS) is 19.2. The fraction of sp³-hybridized carbons (Fsp3) is 0.474. The van der Waals surface area contributed by atoms with Crippen LogP contribution in [0.4, 0.5) is 0 Å². The van der Waals surface area contributed by atoms with Crippen molar-refractivity contribution in [3.05, 3.63) is 51.8 Å². The number of nitrogens with one attached hydrogen (secondary N) is 2. The predicted octanol–water partition coefficient (Wildman–Crippen LogP) is 2.23. The lowest BCUT2D eigenvalue weighted by Crippen LogP contribution is -2.49. The van der Waals surface area contributed by atoms with Gasteiger partial charge in [0.2, 0.25) is 0 Å². The van der Waals surface area contributed by atoms with E-state index in [-0.39, 0.29) is 5.91 Å². The molecule has 2 aliphatic heterocycles. The molecule has 1 aromatic carbocycles. The molecular weight excluding hydrogens is 350 g/mol. The Morgan fingerprint density at radius 3 is 2.65 bits per heavy atom. The topological polar surface area (TPSA) is 64.3 Å². The summed E-state index contributed by atoms with van der Waals surface area (Å²) in [5, 5.41) is 11.4. The summed E-state index contributed by atoms with van der Waals surface area (Å²) in [4.78, 5) is 17.2. The van der Waals surface area contributed by atoms with Gasteiger partial charge >= 0.3 is 0 Å². The lowest BCUT2D eigenvalue weighted by atomic mass is 10.1. The molecule has 4 rings (SSSR count). The molecule has 0 bridgehead atoms. The van der Waals surface area contributed by atoms with E-state index in [2.05, 4.69) is 39.5 Å². The van der Waals surface area contributed by atoms with Crippen molar-refractivity contribution in [3.8, 4) is 0 Å². The van der Waals surface area contributed by atoms with E-state index >= 15 is 0 Å². The number of aromatic nitrogens is 2. The molecule has 2 N–H and O–H groups in total. The van der Waals surface area contributed by atoms with Crippen LogP contribution in [0.2, 0.25) is 5.02 Å². The van der Waals surface area contributed by atoms with Crippen molar-refractivity contribution < 1.29 is 4.79 Å². The molecule has 3 heterocycles. The van der Waals surface area contributed by atoms with Crippen molar-refractivity contribution in [2.24, 2.45) is 0 Å². The van der Waals surface area contributed by atoms with Gasteiger partial charge in [-0.3, -0.25) is 14.8 Å². The number of nitrogens with zero attached hydrogens (tertiary/aromatic N) is 3. The second kappa shape index (κ2) is 7.39. The molecule has 7 heteroatoms. The number of fused-ring (bicyclic) bond motifs is 1. The molecule has 1 fully saturated rings. The summed E-state index contributed by atoms with van der Waals surface area (Å²) in [6.07, 6.45) is 0.905. The highest BCUT2D eigenvalue weighted by Crippen LogP contribution is 2.24. The average Bonchev–Trinajstić information content (AvgIpc) is 3.12. The minimum atomic E-state index is 0.0463. The molecule has 0 spiro atoms. The number of halogens is 1. The smallest absolute Gasteiger partial charge is 0.274 e. The molecule has 1 unspecified atom stereocenters. The van der Waals surface area contributed by atoms with Crippen LogP contribution in [-0.4, -0.2) is 58.6 Å². The van der Waals surface area contributed by atoms with Crippen LogP contribution in [0, 0.1) is 0 Å². The Bertz CT molecular complexity index is 780. The molecule has 138 valence electrons. The summed E-state index contributed by atoms with van der Waals surface area (Å²) in [7, 11) is 0. The van der Waals surface area contributed by atoms with Crippen LogP contribution >= 0.6 is 11.6 Å². The molecule has 1 saturated heterocycles. The van der Waals surface area contributed by atoms with Crippen LogP contribution in [-0.2, 0) is 13.0 Å². The number of amides is 1. The molecule has 0 radical (unpaired) electrons. The van der Waals surface area contributed by atoms with Crippen molar-refractivity contribution in [1.82, 2.24) is 25.3 Å². The minimum absolute atomic E-state index is 0.0463. The molecule has 0 aliphatic carbocycles. The first-order valence-corrected chi connectivity index (χ1v) is 9.57. The summed E-state index contributed by atoms with van der Waals surface area (Å²) in [6, 6.07) is 8.33. The summed E-state index contributed by atoms with van der Waals surface area (Å²) >= 11 is 5.98. The quantitative estimate of drug-likeness (QED) is 0.866. The van der Waals surface area contributed by atoms with Gasteiger partial charge in [-0.2, -0.15) is 5.10 Å². The zero-order valence-corrected chi connectivity index (χ0v) is 15.7. The molecule has 1 amide bonds. The van der Waals surface area contributed by atoms with E-state index in [0.717, 1.165) is 62.0 Å². The van der Waals surface area contributed by atoms with E-state index in [1.807, 2.05) is 17.0 Å². The third-order valence-corrected chi connectivity index (χ3v) is 5.76. The highest BCUT2D eigenvalue weighted by molar-refractivity contribution is 6.30. The standard InChI is InChI=1S/C19H24ClN5O/c1-13(14-2-4-15(20)5-3-14)24-8-10-25(11-9-24)19(26)18-16-12-21-7-6-17(16)22-23-18/h2-5,13,21H,6-12H2,1H3,(H,22,23). The van der Waals surface area contributed by atoms with Crippen molar-refractivity contribution >= 4 is 17.5 Å². The largest absolute Gasteiger partial charge is 0.335 e. The fourth-order valence-corrected chi connectivity index (χ4v) is 3.94. The Kier molecular flexibility index (Phi) is 4.98. The SMILES string of the molecule is CC(c1ccc(Cl)cc1)N1CCN(C(=O)c2n[nH]c3c2CNCC3)CC1. The monoisotopic (exact) mass is 373 g/mol. The number of hydrogen-bond donors (Lipinski definition) is 2. The second-order valence-electron chi connectivity index (χ2n) is 7.01. The van der Waals surface area contributed by atoms with Crippen LogP contribution in [0.25, 0.3) is 0 Å². The van der Waals surface area contributed by atoms with Gasteiger partial charge in [-0.25, -0.2) is 0 Å². The number of aromatic amines is 1. The average molecular weight is 374 g/mol. The summed E-state index contributed by atoms with van der Waals surface area (Å²) < 4.78 is 0. The van der Waals surface area contributed by atoms with Crippen molar-refractivity contribution in [1.29, 1.82) is 0 Å². The van der Waals surface area contributed by atoms with E-state index in [0.29, 0.717) is 11.7 Å². The third kappa shape index (κ3) is 3.37. The van der Waals surface area contributed by atoms with Gasteiger partial charge in [0.25, 0.3) is 5.91 Å². The zero-order valence-electron chi connectivity index (χ0n) is 15.0. The van der Waals surface area contributed by atoms with Gasteiger partial charge in [0.15, 0.2) is 5.69 Å². The zero-order chi connectivity index (χ0) is 18.1. The first-order chi connectivity index (χ1) is 12.6. The molecular formula is C19H24ClN5O. The van der Waals surface area contributed by atoms with Gasteiger partial charge in [-0.1, -0.05) is 23.7 Å². The lowest BCUT2D eigenvalue weighted by molar-refractivity contribution is 0.0575. The maximum Gasteiger partial charge on any atom is 0.274 e.